The maximum absolute atomic E-state index is 10.9. The summed E-state index contributed by atoms with van der Waals surface area (Å²) in [5.74, 6) is 0.134. The van der Waals surface area contributed by atoms with Crippen LogP contribution in [-0.4, -0.2) is 34.7 Å². The Labute approximate surface area is 111 Å². The Balaban J connectivity index is 2.30. The molecule has 3 N–H and O–H groups in total. The molecule has 1 saturated heterocycles. The molecule has 1 aliphatic heterocycles. The van der Waals surface area contributed by atoms with E-state index in [0.717, 1.165) is 18.0 Å². The zero-order chi connectivity index (χ0) is 13.3. The maximum atomic E-state index is 10.9. The number of aromatic carboxylic acids is 1. The van der Waals surface area contributed by atoms with Gasteiger partial charge in [0.05, 0.1) is 16.9 Å². The number of nitrogens with zero attached hydrogens (tertiary/aromatic N) is 1. The van der Waals surface area contributed by atoms with Gasteiger partial charge in [-0.25, -0.2) is 4.79 Å². The Morgan fingerprint density at radius 1 is 1.50 bits per heavy atom. The second-order valence-electron chi connectivity index (χ2n) is 4.59. The smallest absolute Gasteiger partial charge is 0.335 e. The quantitative estimate of drug-likeness (QED) is 0.804. The van der Waals surface area contributed by atoms with Gasteiger partial charge in [-0.05, 0) is 25.1 Å². The molecule has 1 fully saturated rings. The Hall–Kier alpha value is -1.36. The fourth-order valence-corrected chi connectivity index (χ4v) is 3.32. The van der Waals surface area contributed by atoms with Crippen LogP contribution in [0.15, 0.2) is 18.2 Å². The number of nitrogens with two attached hydrogens (primary N) is 1. The largest absolute Gasteiger partial charge is 0.478 e. The minimum absolute atomic E-state index is 0.239. The average Bonchev–Trinajstić information content (AvgIpc) is 2.33. The highest BCUT2D eigenvalue weighted by Gasteiger charge is 2.26. The summed E-state index contributed by atoms with van der Waals surface area (Å²) in [6, 6.07) is 5.38. The molecule has 0 bridgehead atoms. The predicted molar refractivity (Wildman–Crippen MR) is 76.5 cm³/mol. The van der Waals surface area contributed by atoms with Gasteiger partial charge in [0, 0.05) is 23.6 Å². The van der Waals surface area contributed by atoms with Crippen LogP contribution in [0, 0.1) is 0 Å². The summed E-state index contributed by atoms with van der Waals surface area (Å²) >= 11 is 1.96. The van der Waals surface area contributed by atoms with E-state index in [9.17, 15) is 4.79 Å². The summed E-state index contributed by atoms with van der Waals surface area (Å²) in [7, 11) is 0. The Morgan fingerprint density at radius 3 is 2.83 bits per heavy atom. The zero-order valence-corrected chi connectivity index (χ0v) is 11.4. The van der Waals surface area contributed by atoms with Crippen molar-refractivity contribution < 1.29 is 9.90 Å². The van der Waals surface area contributed by atoms with Crippen molar-refractivity contribution >= 4 is 29.1 Å². The standard InChI is InChI=1S/C13H18N2O2S/c1-8-9(2)18-6-5-15(8)12-4-3-10(13(16)17)7-11(12)14/h3-4,7-9H,5-6,14H2,1-2H3,(H,16,17). The molecule has 0 amide bonds. The van der Waals surface area contributed by atoms with Gasteiger partial charge in [0.15, 0.2) is 0 Å². The SMILES string of the molecule is CC1SCCN(c2ccc(C(=O)O)cc2N)C1C. The van der Waals surface area contributed by atoms with Gasteiger partial charge in [-0.3, -0.25) is 0 Å². The summed E-state index contributed by atoms with van der Waals surface area (Å²) in [5, 5.41) is 9.49. The lowest BCUT2D eigenvalue weighted by atomic mass is 10.1. The highest BCUT2D eigenvalue weighted by molar-refractivity contribution is 8.00. The predicted octanol–water partition coefficient (Wildman–Crippen LogP) is 2.30. The van der Waals surface area contributed by atoms with Crippen molar-refractivity contribution in [3.8, 4) is 0 Å². The lowest BCUT2D eigenvalue weighted by Crippen LogP contribution is -2.45. The van der Waals surface area contributed by atoms with Crippen molar-refractivity contribution in [2.75, 3.05) is 22.9 Å². The number of carboxylic acids is 1. The number of hydrogen-bond acceptors (Lipinski definition) is 4. The molecule has 0 radical (unpaired) electrons. The molecule has 0 aromatic heterocycles. The summed E-state index contributed by atoms with van der Waals surface area (Å²) in [6.45, 7) is 5.34. The summed E-state index contributed by atoms with van der Waals surface area (Å²) in [6.07, 6.45) is 0. The van der Waals surface area contributed by atoms with E-state index in [0.29, 0.717) is 17.0 Å². The fourth-order valence-electron chi connectivity index (χ4n) is 2.22. The third kappa shape index (κ3) is 2.41. The van der Waals surface area contributed by atoms with Gasteiger partial charge in [0.1, 0.15) is 0 Å². The van der Waals surface area contributed by atoms with Gasteiger partial charge in [-0.15, -0.1) is 0 Å². The van der Waals surface area contributed by atoms with Crippen LogP contribution in [0.3, 0.4) is 0 Å². The molecular weight excluding hydrogens is 248 g/mol. The van der Waals surface area contributed by atoms with Crippen LogP contribution in [-0.2, 0) is 0 Å². The number of rotatable bonds is 2. The second kappa shape index (κ2) is 5.10. The number of benzene rings is 1. The molecule has 18 heavy (non-hydrogen) atoms. The molecule has 1 aromatic rings. The van der Waals surface area contributed by atoms with Crippen LogP contribution in [0.4, 0.5) is 11.4 Å². The minimum Gasteiger partial charge on any atom is -0.478 e. The van der Waals surface area contributed by atoms with E-state index >= 15 is 0 Å². The second-order valence-corrected chi connectivity index (χ2v) is 6.07. The number of anilines is 2. The molecule has 1 heterocycles. The monoisotopic (exact) mass is 266 g/mol. The van der Waals surface area contributed by atoms with Gasteiger partial charge in [-0.2, -0.15) is 11.8 Å². The molecular formula is C13H18N2O2S. The van der Waals surface area contributed by atoms with Crippen LogP contribution in [0.25, 0.3) is 0 Å². The first-order valence-corrected chi connectivity index (χ1v) is 7.06. The molecule has 5 heteroatoms. The van der Waals surface area contributed by atoms with E-state index in [-0.39, 0.29) is 5.56 Å². The van der Waals surface area contributed by atoms with Crippen molar-refractivity contribution in [2.45, 2.75) is 25.1 Å². The van der Waals surface area contributed by atoms with Crippen molar-refractivity contribution in [1.29, 1.82) is 0 Å². The van der Waals surface area contributed by atoms with E-state index < -0.39 is 5.97 Å². The van der Waals surface area contributed by atoms with Crippen molar-refractivity contribution in [3.05, 3.63) is 23.8 Å². The first-order valence-electron chi connectivity index (χ1n) is 6.01. The van der Waals surface area contributed by atoms with E-state index in [1.807, 2.05) is 17.8 Å². The number of nitrogen functional groups attached to an aromatic ring is 1. The van der Waals surface area contributed by atoms with Crippen LogP contribution < -0.4 is 10.6 Å². The minimum atomic E-state index is -0.941. The van der Waals surface area contributed by atoms with Gasteiger partial charge in [-0.1, -0.05) is 6.92 Å². The third-order valence-electron chi connectivity index (χ3n) is 3.47. The molecule has 1 aliphatic rings. The summed E-state index contributed by atoms with van der Waals surface area (Å²) in [5.41, 5.74) is 7.71. The van der Waals surface area contributed by atoms with Crippen LogP contribution in [0.2, 0.25) is 0 Å². The maximum Gasteiger partial charge on any atom is 0.335 e. The Kier molecular flexibility index (Phi) is 3.71. The van der Waals surface area contributed by atoms with Crippen LogP contribution in [0.5, 0.6) is 0 Å². The van der Waals surface area contributed by atoms with E-state index in [1.54, 1.807) is 6.07 Å². The summed E-state index contributed by atoms with van der Waals surface area (Å²) < 4.78 is 0. The molecule has 2 atom stereocenters. The first-order chi connectivity index (χ1) is 8.50. The van der Waals surface area contributed by atoms with Gasteiger partial charge in [0.25, 0.3) is 0 Å². The van der Waals surface area contributed by atoms with Crippen LogP contribution in [0.1, 0.15) is 24.2 Å². The first kappa shape index (κ1) is 13.1. The van der Waals surface area contributed by atoms with Gasteiger partial charge >= 0.3 is 5.97 Å². The highest BCUT2D eigenvalue weighted by atomic mass is 32.2. The lowest BCUT2D eigenvalue weighted by molar-refractivity contribution is 0.0697. The van der Waals surface area contributed by atoms with Crippen molar-refractivity contribution in [1.82, 2.24) is 0 Å². The molecule has 0 spiro atoms. The van der Waals surface area contributed by atoms with Crippen molar-refractivity contribution in [3.63, 3.8) is 0 Å². The third-order valence-corrected chi connectivity index (χ3v) is 4.81. The van der Waals surface area contributed by atoms with E-state index in [4.69, 9.17) is 10.8 Å². The highest BCUT2D eigenvalue weighted by Crippen LogP contribution is 2.32. The molecule has 2 unspecified atom stereocenters. The summed E-state index contributed by atoms with van der Waals surface area (Å²) in [4.78, 5) is 13.2. The number of carboxylic acid groups (broad SMARTS) is 1. The molecule has 0 saturated carbocycles. The average molecular weight is 266 g/mol. The van der Waals surface area contributed by atoms with E-state index in [1.165, 1.54) is 6.07 Å². The molecule has 98 valence electrons. The van der Waals surface area contributed by atoms with Gasteiger partial charge in [0.2, 0.25) is 0 Å². The van der Waals surface area contributed by atoms with Gasteiger partial charge < -0.3 is 15.7 Å². The van der Waals surface area contributed by atoms with Crippen LogP contribution >= 0.6 is 11.8 Å². The zero-order valence-electron chi connectivity index (χ0n) is 10.6. The number of hydrogen-bond donors (Lipinski definition) is 2. The molecule has 2 rings (SSSR count). The topological polar surface area (TPSA) is 66.6 Å². The number of carbonyl (C=O) groups is 1. The lowest BCUT2D eigenvalue weighted by Gasteiger charge is -2.39. The van der Waals surface area contributed by atoms with Crippen molar-refractivity contribution in [2.24, 2.45) is 0 Å². The Bertz CT molecular complexity index is 464. The molecule has 1 aromatic carbocycles. The number of thioether (sulfide) groups is 1. The fraction of sp³-hybridized carbons (Fsp3) is 0.462. The molecule has 0 aliphatic carbocycles. The Morgan fingerprint density at radius 2 is 2.22 bits per heavy atom. The van der Waals surface area contributed by atoms with E-state index in [2.05, 4.69) is 18.7 Å². The molecule has 4 nitrogen and oxygen atoms in total. The normalized spacial score (nSPS) is 24.0.